The standard InChI is InChI=1S/C31H32BrN5O5/c1-42-22-6-4-5-21(10-22)25-11-26(23-7-2-3-8-27(23)38)36(33-25)28(39)16-30-12-19-9-20(13-30)15-31(14-19,18-30)35-17-24(32)29(34-35)37(40)41/h2-8,10,17,19-20,26,38H,9,11-16,18H2,1H3/t19-,20-,26-,30?,31?/m0/s1. The van der Waals surface area contributed by atoms with Crippen LogP contribution in [0.25, 0.3) is 0 Å². The molecular formula is C31H32BrN5O5. The average molecular weight is 635 g/mol. The maximum atomic E-state index is 14.3. The highest BCUT2D eigenvalue weighted by molar-refractivity contribution is 9.10. The number of hydrazone groups is 1. The predicted octanol–water partition coefficient (Wildman–Crippen LogP) is 6.33. The SMILES string of the molecule is COc1cccc(C2=NN(C(=O)CC34C[C@@H]5C[C@@H](C3)CC(n3cc(Br)c([N+](=O)[O-])n3)(C5)C4)[C@H](c3ccccc3O)C2)c1. The summed E-state index contributed by atoms with van der Waals surface area (Å²) in [5.41, 5.74) is 1.75. The van der Waals surface area contributed by atoms with Gasteiger partial charge in [0.05, 0.1) is 35.7 Å². The van der Waals surface area contributed by atoms with Crippen molar-refractivity contribution in [3.63, 3.8) is 0 Å². The Hall–Kier alpha value is -3.73. The lowest BCUT2D eigenvalue weighted by atomic mass is 9.46. The predicted molar refractivity (Wildman–Crippen MR) is 158 cm³/mol. The molecule has 11 heteroatoms. The van der Waals surface area contributed by atoms with Crippen LogP contribution in [-0.2, 0) is 10.3 Å². The molecule has 0 saturated heterocycles. The first-order valence-electron chi connectivity index (χ1n) is 14.4. The van der Waals surface area contributed by atoms with Gasteiger partial charge in [-0.15, -0.1) is 0 Å². The first kappa shape index (κ1) is 27.1. The summed E-state index contributed by atoms with van der Waals surface area (Å²) in [5, 5.41) is 33.2. The van der Waals surface area contributed by atoms with Gasteiger partial charge in [0.25, 0.3) is 0 Å². The summed E-state index contributed by atoms with van der Waals surface area (Å²) in [4.78, 5) is 25.4. The topological polar surface area (TPSA) is 123 Å². The summed E-state index contributed by atoms with van der Waals surface area (Å²) in [7, 11) is 1.62. The summed E-state index contributed by atoms with van der Waals surface area (Å²) in [6.45, 7) is 0. The van der Waals surface area contributed by atoms with E-state index in [1.54, 1.807) is 30.4 Å². The zero-order chi connectivity index (χ0) is 29.2. The number of phenolic OH excluding ortho intramolecular Hbond substituents is 1. The second-order valence-electron chi connectivity index (χ2n) is 12.7. The molecule has 2 aromatic carbocycles. The Kier molecular flexibility index (Phi) is 6.41. The molecule has 10 nitrogen and oxygen atoms in total. The number of benzene rings is 2. The number of carbonyl (C=O) groups is 1. The molecule has 3 atom stereocenters. The van der Waals surface area contributed by atoms with Gasteiger partial charge in [-0.25, -0.2) is 5.01 Å². The van der Waals surface area contributed by atoms with E-state index in [4.69, 9.17) is 9.84 Å². The fraction of sp³-hybridized carbons (Fsp3) is 0.452. The van der Waals surface area contributed by atoms with Crippen molar-refractivity contribution in [1.29, 1.82) is 0 Å². The second kappa shape index (κ2) is 9.93. The van der Waals surface area contributed by atoms with E-state index in [1.165, 1.54) is 0 Å². The molecule has 5 aliphatic rings. The number of methoxy groups -OCH3 is 1. The fourth-order valence-corrected chi connectivity index (χ4v) is 9.14. The fourth-order valence-electron chi connectivity index (χ4n) is 8.72. The number of carbonyl (C=O) groups excluding carboxylic acids is 1. The number of hydrogen-bond donors (Lipinski definition) is 1. The lowest BCUT2D eigenvalue weighted by molar-refractivity contribution is -0.390. The van der Waals surface area contributed by atoms with Gasteiger partial charge < -0.3 is 20.0 Å². The Balaban J connectivity index is 1.22. The third-order valence-corrected chi connectivity index (χ3v) is 10.4. The summed E-state index contributed by atoms with van der Waals surface area (Å²) in [6, 6.07) is 14.4. The number of halogens is 1. The van der Waals surface area contributed by atoms with Crippen molar-refractivity contribution < 1.29 is 19.6 Å². The van der Waals surface area contributed by atoms with Gasteiger partial charge in [0, 0.05) is 24.0 Å². The van der Waals surface area contributed by atoms with E-state index >= 15 is 0 Å². The Labute approximate surface area is 251 Å². The van der Waals surface area contributed by atoms with E-state index in [-0.39, 0.29) is 28.4 Å². The van der Waals surface area contributed by atoms with Crippen LogP contribution in [0.1, 0.15) is 68.5 Å². The van der Waals surface area contributed by atoms with Crippen molar-refractivity contribution in [2.45, 2.75) is 62.9 Å². The molecule has 1 amide bonds. The molecule has 8 rings (SSSR count). The van der Waals surface area contributed by atoms with Gasteiger partial charge >= 0.3 is 5.82 Å². The Morgan fingerprint density at radius 1 is 1.17 bits per heavy atom. The number of hydrogen-bond acceptors (Lipinski definition) is 7. The van der Waals surface area contributed by atoms with Crippen LogP contribution in [0.3, 0.4) is 0 Å². The number of nitrogens with zero attached hydrogens (tertiary/aromatic N) is 5. The molecule has 1 aliphatic heterocycles. The highest BCUT2D eigenvalue weighted by Gasteiger charge is 2.61. The molecule has 4 saturated carbocycles. The number of para-hydroxylation sites is 1. The smallest absolute Gasteiger partial charge is 0.404 e. The van der Waals surface area contributed by atoms with E-state index in [0.29, 0.717) is 40.5 Å². The second-order valence-corrected chi connectivity index (χ2v) is 13.5. The highest BCUT2D eigenvalue weighted by atomic mass is 79.9. The Morgan fingerprint density at radius 3 is 2.62 bits per heavy atom. The summed E-state index contributed by atoms with van der Waals surface area (Å²) < 4.78 is 7.63. The molecule has 2 heterocycles. The van der Waals surface area contributed by atoms with E-state index in [2.05, 4.69) is 21.0 Å². The van der Waals surface area contributed by atoms with Crippen LogP contribution in [-0.4, -0.2) is 43.5 Å². The van der Waals surface area contributed by atoms with Gasteiger partial charge in [-0.1, -0.05) is 30.3 Å². The zero-order valence-electron chi connectivity index (χ0n) is 23.3. The normalized spacial score (nSPS) is 29.5. The monoisotopic (exact) mass is 633 g/mol. The van der Waals surface area contributed by atoms with Crippen LogP contribution < -0.4 is 4.74 Å². The maximum Gasteiger partial charge on any atom is 0.404 e. The quantitative estimate of drug-likeness (QED) is 0.239. The van der Waals surface area contributed by atoms with Crippen LogP contribution in [0.4, 0.5) is 5.82 Å². The number of aromatic nitrogens is 2. The van der Waals surface area contributed by atoms with Crippen LogP contribution in [0, 0.1) is 27.4 Å². The van der Waals surface area contributed by atoms with Gasteiger partial charge in [0.1, 0.15) is 16.0 Å². The van der Waals surface area contributed by atoms with E-state index < -0.39 is 11.0 Å². The van der Waals surface area contributed by atoms with Crippen molar-refractivity contribution in [1.82, 2.24) is 14.8 Å². The van der Waals surface area contributed by atoms with Crippen LogP contribution in [0.2, 0.25) is 0 Å². The number of phenols is 1. The third kappa shape index (κ3) is 4.49. The van der Waals surface area contributed by atoms with E-state index in [9.17, 15) is 20.0 Å². The molecule has 1 aromatic heterocycles. The summed E-state index contributed by atoms with van der Waals surface area (Å²) in [5.74, 6) is 1.52. The van der Waals surface area contributed by atoms with Crippen molar-refractivity contribution in [3.05, 3.63) is 80.4 Å². The maximum absolute atomic E-state index is 14.3. The van der Waals surface area contributed by atoms with Crippen molar-refractivity contribution in [2.24, 2.45) is 22.4 Å². The molecule has 42 heavy (non-hydrogen) atoms. The molecule has 1 N–H and O–H groups in total. The third-order valence-electron chi connectivity index (χ3n) is 9.85. The zero-order valence-corrected chi connectivity index (χ0v) is 24.9. The van der Waals surface area contributed by atoms with Crippen LogP contribution in [0.15, 0.2) is 64.3 Å². The Bertz CT molecular complexity index is 1600. The van der Waals surface area contributed by atoms with Gasteiger partial charge in [0.15, 0.2) is 0 Å². The van der Waals surface area contributed by atoms with E-state index in [1.807, 2.05) is 41.1 Å². The minimum atomic E-state index is -0.454. The molecule has 0 radical (unpaired) electrons. The molecule has 0 spiro atoms. The molecule has 3 aromatic rings. The molecule has 4 bridgehead atoms. The lowest BCUT2D eigenvalue weighted by Gasteiger charge is -2.61. The minimum absolute atomic E-state index is 0.0640. The van der Waals surface area contributed by atoms with Crippen LogP contribution >= 0.6 is 15.9 Å². The molecule has 0 unspecified atom stereocenters. The molecule has 4 aliphatic carbocycles. The van der Waals surface area contributed by atoms with Crippen molar-refractivity contribution in [2.75, 3.05) is 7.11 Å². The average Bonchev–Trinajstić information content (AvgIpc) is 3.57. The van der Waals surface area contributed by atoms with Crippen molar-refractivity contribution in [3.8, 4) is 11.5 Å². The summed E-state index contributed by atoms with van der Waals surface area (Å²) >= 11 is 3.34. The Morgan fingerprint density at radius 2 is 1.93 bits per heavy atom. The number of amides is 1. The number of rotatable bonds is 7. The van der Waals surface area contributed by atoms with Gasteiger partial charge in [-0.05, 0) is 94.8 Å². The summed E-state index contributed by atoms with van der Waals surface area (Å²) in [6.07, 6.45) is 8.22. The largest absolute Gasteiger partial charge is 0.508 e. The first-order valence-corrected chi connectivity index (χ1v) is 15.2. The number of nitro groups is 1. The number of ether oxygens (including phenoxy) is 1. The first-order chi connectivity index (χ1) is 20.2. The van der Waals surface area contributed by atoms with E-state index in [0.717, 1.165) is 49.8 Å². The highest BCUT2D eigenvalue weighted by Crippen LogP contribution is 2.65. The van der Waals surface area contributed by atoms with Gasteiger partial charge in [-0.3, -0.25) is 4.79 Å². The lowest BCUT2D eigenvalue weighted by Crippen LogP contribution is -2.57. The molecular weight excluding hydrogens is 602 g/mol. The van der Waals surface area contributed by atoms with Crippen LogP contribution in [0.5, 0.6) is 11.5 Å². The number of aromatic hydroxyl groups is 1. The van der Waals surface area contributed by atoms with Crippen molar-refractivity contribution >= 4 is 33.4 Å². The van der Waals surface area contributed by atoms with Gasteiger partial charge in [0.2, 0.25) is 5.91 Å². The minimum Gasteiger partial charge on any atom is -0.508 e. The van der Waals surface area contributed by atoms with Gasteiger partial charge in [-0.2, -0.15) is 9.78 Å². The molecule has 4 fully saturated rings. The molecule has 218 valence electrons.